The Balaban J connectivity index is 1.36. The lowest BCUT2D eigenvalue weighted by molar-refractivity contribution is -0.410. The fourth-order valence-electron chi connectivity index (χ4n) is 12.7. The molecule has 22 heterocycles. The predicted octanol–water partition coefficient (Wildman–Crippen LogP) is -2.04. The number of ether oxygens (including phenoxy) is 29. The Kier molecular flexibility index (Phi) is 28.4. The van der Waals surface area contributed by atoms with E-state index in [9.17, 15) is 10.4 Å². The SMILES string of the molecule is COC[C@H]1O[C@@H]2O[C@H]3[C@H](OC)[C@@H](OC)[C@H](O[C@@H]3[C@H](O)C#N)O[C@H]3[C@H](OC)[C@@H](OC)[C@@H](O[C@H]4[C@H](OC)[C@@H](OC)[C@@H](O[C@H]5[C@H](OC)[C@@H](OC)[C@@H](O[C@H]6[C@H](OC)[C@@H](OC)[C@@H](O[C@H]1[C@H](OC)[C@H]2OC)O[C@@H]6COC)O[C@@H]5COC)O[C@@H]4COC)O[C@@H]3COC. The van der Waals surface area contributed by atoms with Crippen LogP contribution in [-0.4, -0.2) is 349 Å². The minimum absolute atomic E-state index is 0.0271. The first-order chi connectivity index (χ1) is 41.3. The minimum atomic E-state index is -1.85. The molecule has 85 heavy (non-hydrogen) atoms. The summed E-state index contributed by atoms with van der Waals surface area (Å²) in [5, 5.41) is 22.0. The van der Waals surface area contributed by atoms with E-state index in [-0.39, 0.29) is 33.0 Å². The van der Waals surface area contributed by atoms with Gasteiger partial charge in [-0.15, -0.1) is 0 Å². The molecule has 0 aromatic carbocycles. The van der Waals surface area contributed by atoms with Crippen LogP contribution in [0, 0.1) is 11.3 Å². The number of hydrogen-bond donors (Lipinski definition) is 1. The molecule has 0 spiro atoms. The van der Waals surface area contributed by atoms with E-state index < -0.39 is 190 Å². The Morgan fingerprint density at radius 2 is 0.447 bits per heavy atom. The second-order valence-electron chi connectivity index (χ2n) is 21.0. The monoisotopic (exact) mass is 1240 g/mol. The van der Waals surface area contributed by atoms with Crippen LogP contribution < -0.4 is 0 Å². The highest BCUT2D eigenvalue weighted by Gasteiger charge is 2.61. The third kappa shape index (κ3) is 15.1. The van der Waals surface area contributed by atoms with Crippen LogP contribution in [-0.2, 0) is 137 Å². The summed E-state index contributed by atoms with van der Waals surface area (Å²) in [4.78, 5) is 0. The summed E-state index contributed by atoms with van der Waals surface area (Å²) in [7, 11) is 25.0. The summed E-state index contributed by atoms with van der Waals surface area (Å²) in [6, 6.07) is 1.88. The smallest absolute Gasteiger partial charge is 0.187 e. The van der Waals surface area contributed by atoms with E-state index >= 15 is 0 Å². The lowest BCUT2D eigenvalue weighted by atomic mass is 9.93. The lowest BCUT2D eigenvalue weighted by Gasteiger charge is -2.53. The highest BCUT2D eigenvalue weighted by Crippen LogP contribution is 2.42. The lowest BCUT2D eigenvalue weighted by Crippen LogP contribution is -2.70. The molecule has 0 amide bonds. The zero-order valence-corrected chi connectivity index (χ0v) is 51.7. The fraction of sp³-hybridized carbons (Fsp3) is 0.981. The van der Waals surface area contributed by atoms with Gasteiger partial charge in [0, 0.05) is 121 Å². The van der Waals surface area contributed by atoms with Crippen LogP contribution in [0.15, 0.2) is 0 Å². The Morgan fingerprint density at radius 1 is 0.271 bits per heavy atom. The number of hydrogen-bond acceptors (Lipinski definition) is 31. The number of nitrogens with zero attached hydrogens (tertiary/aromatic N) is 1. The van der Waals surface area contributed by atoms with Gasteiger partial charge in [-0.1, -0.05) is 0 Å². The van der Waals surface area contributed by atoms with Gasteiger partial charge >= 0.3 is 0 Å². The summed E-state index contributed by atoms with van der Waals surface area (Å²) in [5.74, 6) is 0. The maximum absolute atomic E-state index is 11.6. The zero-order valence-electron chi connectivity index (χ0n) is 51.7. The largest absolute Gasteiger partial charge is 0.382 e. The normalized spacial score (nSPS) is 45.9. The van der Waals surface area contributed by atoms with Gasteiger partial charge in [0.15, 0.2) is 43.8 Å². The maximum Gasteiger partial charge on any atom is 0.187 e. The van der Waals surface area contributed by atoms with E-state index in [1.165, 1.54) is 121 Å². The number of aliphatic hydroxyl groups is 1. The van der Waals surface area contributed by atoms with E-state index in [2.05, 4.69) is 0 Å². The first-order valence-corrected chi connectivity index (χ1v) is 28.0. The average Bonchev–Trinajstić information content (AvgIpc) is 1.36. The van der Waals surface area contributed by atoms with E-state index in [1.807, 2.05) is 6.07 Å². The van der Waals surface area contributed by atoms with Crippen molar-refractivity contribution in [3.63, 3.8) is 0 Å². The van der Waals surface area contributed by atoms with Crippen molar-refractivity contribution in [2.45, 2.75) is 190 Å². The molecule has 0 radical (unpaired) electrons. The first-order valence-electron chi connectivity index (χ1n) is 28.0. The molecule has 0 aliphatic carbocycles. The number of nitriles is 1. The number of aliphatic hydroxyl groups excluding tert-OH is 1. The predicted molar refractivity (Wildman–Crippen MR) is 282 cm³/mol. The van der Waals surface area contributed by atoms with Crippen molar-refractivity contribution in [3.8, 4) is 6.07 Å². The van der Waals surface area contributed by atoms with Gasteiger partial charge in [-0.2, -0.15) is 5.26 Å². The van der Waals surface area contributed by atoms with Crippen LogP contribution in [0.5, 0.6) is 0 Å². The molecule has 494 valence electrons. The van der Waals surface area contributed by atoms with Crippen molar-refractivity contribution in [2.75, 3.05) is 154 Å². The molecule has 1 N–H and O–H groups in total. The van der Waals surface area contributed by atoms with Gasteiger partial charge in [0.25, 0.3) is 0 Å². The van der Waals surface area contributed by atoms with Gasteiger partial charge in [0.2, 0.25) is 0 Å². The van der Waals surface area contributed by atoms with Gasteiger partial charge in [0.05, 0.1) is 39.1 Å². The molecule has 22 fully saturated rings. The summed E-state index contributed by atoms with van der Waals surface area (Å²) in [6.45, 7) is -0.289. The van der Waals surface area contributed by atoms with Gasteiger partial charge < -0.3 is 142 Å². The molecule has 22 aliphatic rings. The number of rotatable bonds is 23. The summed E-state index contributed by atoms with van der Waals surface area (Å²) >= 11 is 0. The molecule has 0 saturated carbocycles. The van der Waals surface area contributed by atoms with Crippen LogP contribution >= 0.6 is 0 Å². The van der Waals surface area contributed by atoms with Gasteiger partial charge in [-0.25, -0.2) is 0 Å². The molecule has 0 aromatic heterocycles. The second-order valence-corrected chi connectivity index (χ2v) is 21.0. The Hall–Kier alpha value is -1.71. The molecule has 31 nitrogen and oxygen atoms in total. The maximum atomic E-state index is 11.6. The van der Waals surface area contributed by atoms with Crippen molar-refractivity contribution >= 4 is 0 Å². The highest BCUT2D eigenvalue weighted by molar-refractivity contribution is 5.06. The van der Waals surface area contributed by atoms with E-state index in [0.29, 0.717) is 0 Å². The van der Waals surface area contributed by atoms with Crippen LogP contribution in [0.4, 0.5) is 0 Å². The summed E-state index contributed by atoms with van der Waals surface area (Å²) in [5.41, 5.74) is 0. The van der Waals surface area contributed by atoms with Crippen molar-refractivity contribution in [1.29, 1.82) is 5.26 Å². The average molecular weight is 1240 g/mol. The fourth-order valence-corrected chi connectivity index (χ4v) is 12.7. The number of methoxy groups -OCH3 is 17. The molecule has 31 atom stereocenters. The molecular weight excluding hydrogens is 1140 g/mol. The van der Waals surface area contributed by atoms with Gasteiger partial charge in [-0.3, -0.25) is 0 Å². The quantitative estimate of drug-likeness (QED) is 0.108. The molecule has 0 aromatic rings. The standard InChI is InChI=1S/C54H93NO30/c1-57-19-25-31-36(62-6)43(68-12)49(74-25)81-32-26(20-58-2)76-51(45(70-14)37(32)63-7)83-34-28(22-60-4)78-53(47(72-16)39(34)65-9)85-42-30(24(56)18-55)79-54(48(73-17)41(42)67-11)84-35-29(23-61-5)77-52(46(71-15)40(35)66-10)82-33-27(21-59-3)75-50(80-31)44(69-13)38(33)64-8/h24-54,56H,19-23H2,1-17H3/t24-,25-,26-,27-,28-,29-,30-,31-,32-,33-,34-,35-,36+,37+,38+,39+,40+,41+,42-,43-,44-,45-,46-,47-,48-,49-,50-,51-,52-,53-,54-/m1/s1. The minimum Gasteiger partial charge on any atom is -0.382 e. The van der Waals surface area contributed by atoms with Gasteiger partial charge in [0.1, 0.15) is 146 Å². The molecule has 22 saturated heterocycles. The Labute approximate surface area is 497 Å². The van der Waals surface area contributed by atoms with Crippen LogP contribution in [0.1, 0.15) is 0 Å². The Morgan fingerprint density at radius 3 is 0.624 bits per heavy atom. The Bertz CT molecular complexity index is 1940. The van der Waals surface area contributed by atoms with E-state index in [4.69, 9.17) is 137 Å². The van der Waals surface area contributed by atoms with Crippen LogP contribution in [0.2, 0.25) is 0 Å². The molecular formula is C54H93NO30. The van der Waals surface area contributed by atoms with Gasteiger partial charge in [-0.05, 0) is 0 Å². The molecule has 22 rings (SSSR count). The zero-order chi connectivity index (χ0) is 61.6. The van der Waals surface area contributed by atoms with Crippen molar-refractivity contribution in [3.05, 3.63) is 0 Å². The first kappa shape index (κ1) is 70.7. The van der Waals surface area contributed by atoms with Crippen LogP contribution in [0.25, 0.3) is 0 Å². The van der Waals surface area contributed by atoms with E-state index in [1.54, 1.807) is 0 Å². The topological polar surface area (TPSA) is 312 Å². The molecule has 31 heteroatoms. The molecule has 0 unspecified atom stereocenters. The van der Waals surface area contributed by atoms with E-state index in [0.717, 1.165) is 0 Å². The molecule has 12 bridgehead atoms. The summed E-state index contributed by atoms with van der Waals surface area (Å²) in [6.07, 6.45) is -34.7. The third-order valence-electron chi connectivity index (χ3n) is 16.6. The van der Waals surface area contributed by atoms with Crippen molar-refractivity contribution < 1.29 is 142 Å². The van der Waals surface area contributed by atoms with Crippen molar-refractivity contribution in [1.82, 2.24) is 0 Å². The van der Waals surface area contributed by atoms with Crippen LogP contribution in [0.3, 0.4) is 0 Å². The second kappa shape index (κ2) is 34.1. The molecule has 22 aliphatic heterocycles. The highest BCUT2D eigenvalue weighted by atomic mass is 16.8. The summed E-state index contributed by atoms with van der Waals surface area (Å²) < 4.78 is 185. The third-order valence-corrected chi connectivity index (χ3v) is 16.6. The van der Waals surface area contributed by atoms with Crippen molar-refractivity contribution in [2.24, 2.45) is 0 Å².